The fraction of sp³-hybridized carbons (Fsp3) is 0.700. The number of amides is 3. The number of nitrogens with one attached hydrogen (secondary N) is 3. The third-order valence-corrected chi connectivity index (χ3v) is 5.47. The first kappa shape index (κ1) is 32.1. The van der Waals surface area contributed by atoms with Gasteiger partial charge >= 0.3 is 17.9 Å². The zero-order valence-electron chi connectivity index (χ0n) is 19.5. The van der Waals surface area contributed by atoms with E-state index in [1.807, 2.05) is 11.6 Å². The van der Waals surface area contributed by atoms with Gasteiger partial charge in [0.25, 0.3) is 0 Å². The van der Waals surface area contributed by atoms with Gasteiger partial charge in [-0.3, -0.25) is 24.0 Å². The maximum atomic E-state index is 12.9. The number of carboxylic acid groups (broad SMARTS) is 3. The summed E-state index contributed by atoms with van der Waals surface area (Å²) in [7, 11) is 0. The Labute approximate surface area is 206 Å². The number of hydrogen-bond donors (Lipinski definition) is 8. The molecular formula is C20H35N5O9S. The monoisotopic (exact) mass is 521 g/mol. The molecule has 0 saturated carbocycles. The van der Waals surface area contributed by atoms with Crippen molar-refractivity contribution in [1.29, 1.82) is 0 Å². The number of thioether (sulfide) groups is 1. The fourth-order valence-corrected chi connectivity index (χ4v) is 3.36. The zero-order valence-corrected chi connectivity index (χ0v) is 20.3. The van der Waals surface area contributed by atoms with Crippen molar-refractivity contribution in [3.8, 4) is 0 Å². The summed E-state index contributed by atoms with van der Waals surface area (Å²) in [6.07, 6.45) is 1.46. The van der Waals surface area contributed by atoms with Crippen molar-refractivity contribution in [1.82, 2.24) is 16.0 Å². The van der Waals surface area contributed by atoms with Gasteiger partial charge in [0, 0.05) is 6.42 Å². The molecule has 0 spiro atoms. The second kappa shape index (κ2) is 17.5. The van der Waals surface area contributed by atoms with Gasteiger partial charge in [-0.1, -0.05) is 0 Å². The van der Waals surface area contributed by atoms with Crippen LogP contribution in [-0.2, 0) is 28.8 Å². The second-order valence-electron chi connectivity index (χ2n) is 7.72. The lowest BCUT2D eigenvalue weighted by Gasteiger charge is -2.24. The van der Waals surface area contributed by atoms with E-state index in [2.05, 4.69) is 10.6 Å². The lowest BCUT2D eigenvalue weighted by Crippen LogP contribution is -2.57. The van der Waals surface area contributed by atoms with Crippen LogP contribution in [0.15, 0.2) is 0 Å². The summed E-state index contributed by atoms with van der Waals surface area (Å²) in [6, 6.07) is -5.30. The standard InChI is InChI=1S/C20H35N5O9S/c1-35-9-7-11(22)17(30)23-12(4-2-3-8-21)18(31)25-14(10-16(28)29)19(32)24-13(20(33)34)5-6-15(26)27/h11-14H,2-10,21-22H2,1H3,(H,23,30)(H,24,32)(H,25,31)(H,26,27)(H,28,29)(H,33,34). The van der Waals surface area contributed by atoms with Gasteiger partial charge in [0.15, 0.2) is 0 Å². The summed E-state index contributed by atoms with van der Waals surface area (Å²) in [6.45, 7) is 0.340. The number of carbonyl (C=O) groups is 6. The smallest absolute Gasteiger partial charge is 0.326 e. The summed E-state index contributed by atoms with van der Waals surface area (Å²) < 4.78 is 0. The first-order valence-corrected chi connectivity index (χ1v) is 12.3. The average molecular weight is 522 g/mol. The fourth-order valence-electron chi connectivity index (χ4n) is 2.87. The first-order valence-electron chi connectivity index (χ1n) is 10.9. The highest BCUT2D eigenvalue weighted by Gasteiger charge is 2.31. The molecule has 0 aliphatic rings. The minimum atomic E-state index is -1.68. The van der Waals surface area contributed by atoms with Crippen molar-refractivity contribution < 1.29 is 44.1 Å². The molecule has 0 radical (unpaired) electrons. The second-order valence-corrected chi connectivity index (χ2v) is 8.71. The molecule has 10 N–H and O–H groups in total. The Morgan fingerprint density at radius 2 is 1.34 bits per heavy atom. The molecule has 3 amide bonds. The van der Waals surface area contributed by atoms with Crippen molar-refractivity contribution in [3.63, 3.8) is 0 Å². The van der Waals surface area contributed by atoms with E-state index in [4.69, 9.17) is 21.7 Å². The van der Waals surface area contributed by atoms with Crippen molar-refractivity contribution in [2.24, 2.45) is 11.5 Å². The van der Waals surface area contributed by atoms with E-state index in [0.717, 1.165) is 0 Å². The Balaban J connectivity index is 5.49. The van der Waals surface area contributed by atoms with Crippen LogP contribution in [0.3, 0.4) is 0 Å². The normalized spacial score (nSPS) is 14.1. The van der Waals surface area contributed by atoms with Gasteiger partial charge in [-0.2, -0.15) is 11.8 Å². The summed E-state index contributed by atoms with van der Waals surface area (Å²) in [5.41, 5.74) is 11.3. The van der Waals surface area contributed by atoms with E-state index in [9.17, 15) is 33.9 Å². The van der Waals surface area contributed by atoms with Crippen molar-refractivity contribution in [2.75, 3.05) is 18.6 Å². The Morgan fingerprint density at radius 1 is 0.771 bits per heavy atom. The number of nitrogens with two attached hydrogens (primary N) is 2. The summed E-state index contributed by atoms with van der Waals surface area (Å²) in [5, 5.41) is 33.9. The quantitative estimate of drug-likeness (QED) is 0.0865. The number of carboxylic acids is 3. The molecule has 0 aliphatic heterocycles. The van der Waals surface area contributed by atoms with E-state index in [1.54, 1.807) is 0 Å². The van der Waals surface area contributed by atoms with Crippen LogP contribution < -0.4 is 27.4 Å². The average Bonchev–Trinajstić information content (AvgIpc) is 2.77. The molecular weight excluding hydrogens is 486 g/mol. The van der Waals surface area contributed by atoms with Crippen LogP contribution >= 0.6 is 11.8 Å². The Bertz CT molecular complexity index is 752. The van der Waals surface area contributed by atoms with E-state index in [-0.39, 0.29) is 6.42 Å². The highest BCUT2D eigenvalue weighted by Crippen LogP contribution is 2.06. The Kier molecular flexibility index (Phi) is 16.1. The Hall–Kier alpha value is -2.91. The first-order chi connectivity index (χ1) is 16.4. The van der Waals surface area contributed by atoms with Crippen molar-refractivity contribution >= 4 is 47.4 Å². The lowest BCUT2D eigenvalue weighted by atomic mass is 10.1. The maximum absolute atomic E-state index is 12.9. The highest BCUT2D eigenvalue weighted by atomic mass is 32.2. The lowest BCUT2D eigenvalue weighted by molar-refractivity contribution is -0.144. The van der Waals surface area contributed by atoms with E-state index < -0.39 is 79.1 Å². The molecule has 35 heavy (non-hydrogen) atoms. The molecule has 0 heterocycles. The highest BCUT2D eigenvalue weighted by molar-refractivity contribution is 7.98. The number of hydrogen-bond acceptors (Lipinski definition) is 9. The van der Waals surface area contributed by atoms with Crippen LogP contribution in [-0.4, -0.2) is 93.7 Å². The van der Waals surface area contributed by atoms with Crippen LogP contribution in [0.4, 0.5) is 0 Å². The van der Waals surface area contributed by atoms with Gasteiger partial charge in [0.2, 0.25) is 17.7 Å². The molecule has 4 atom stereocenters. The minimum absolute atomic E-state index is 0.141. The van der Waals surface area contributed by atoms with Gasteiger partial charge in [-0.25, -0.2) is 4.79 Å². The minimum Gasteiger partial charge on any atom is -0.481 e. The predicted molar refractivity (Wildman–Crippen MR) is 126 cm³/mol. The number of carbonyl (C=O) groups excluding carboxylic acids is 3. The SMILES string of the molecule is CSCCC(N)C(=O)NC(CCCCN)C(=O)NC(CC(=O)O)C(=O)NC(CCC(=O)O)C(=O)O. The molecule has 200 valence electrons. The molecule has 0 aromatic rings. The molecule has 0 aliphatic carbocycles. The van der Waals surface area contributed by atoms with E-state index in [0.29, 0.717) is 31.6 Å². The van der Waals surface area contributed by atoms with Gasteiger partial charge in [0.1, 0.15) is 18.1 Å². The molecule has 14 nitrogen and oxygen atoms in total. The number of aliphatic carboxylic acids is 3. The van der Waals surface area contributed by atoms with Crippen LogP contribution in [0.2, 0.25) is 0 Å². The van der Waals surface area contributed by atoms with Crippen molar-refractivity contribution in [3.05, 3.63) is 0 Å². The molecule has 0 bridgehead atoms. The van der Waals surface area contributed by atoms with Crippen LogP contribution in [0, 0.1) is 0 Å². The summed E-state index contributed by atoms with van der Waals surface area (Å²) in [4.78, 5) is 71.2. The summed E-state index contributed by atoms with van der Waals surface area (Å²) >= 11 is 1.49. The van der Waals surface area contributed by atoms with Gasteiger partial charge in [-0.05, 0) is 50.7 Å². The zero-order chi connectivity index (χ0) is 27.0. The predicted octanol–water partition coefficient (Wildman–Crippen LogP) is -1.93. The Morgan fingerprint density at radius 3 is 1.86 bits per heavy atom. The van der Waals surface area contributed by atoms with Gasteiger partial charge in [0.05, 0.1) is 12.5 Å². The molecule has 0 saturated heterocycles. The molecule has 15 heteroatoms. The van der Waals surface area contributed by atoms with Crippen LogP contribution in [0.5, 0.6) is 0 Å². The topological polar surface area (TPSA) is 251 Å². The third-order valence-electron chi connectivity index (χ3n) is 4.82. The number of unbranched alkanes of at least 4 members (excludes halogenated alkanes) is 1. The maximum Gasteiger partial charge on any atom is 0.326 e. The molecule has 4 unspecified atom stereocenters. The van der Waals surface area contributed by atoms with E-state index in [1.165, 1.54) is 11.8 Å². The van der Waals surface area contributed by atoms with Crippen molar-refractivity contribution in [2.45, 2.75) is 69.1 Å². The summed E-state index contributed by atoms with van der Waals surface area (Å²) in [5.74, 6) is -6.21. The third kappa shape index (κ3) is 14.2. The van der Waals surface area contributed by atoms with Crippen LogP contribution in [0.25, 0.3) is 0 Å². The number of rotatable bonds is 19. The van der Waals surface area contributed by atoms with Crippen LogP contribution in [0.1, 0.15) is 44.9 Å². The molecule has 0 aromatic heterocycles. The van der Waals surface area contributed by atoms with Gasteiger partial charge < -0.3 is 42.7 Å². The molecule has 0 rings (SSSR count). The largest absolute Gasteiger partial charge is 0.481 e. The van der Waals surface area contributed by atoms with Gasteiger partial charge in [-0.15, -0.1) is 0 Å². The van der Waals surface area contributed by atoms with E-state index >= 15 is 0 Å². The molecule has 0 fully saturated rings. The molecule has 0 aromatic carbocycles.